The largest absolute Gasteiger partial charge is 0.375 e. The molecule has 0 aliphatic carbocycles. The van der Waals surface area contributed by atoms with Gasteiger partial charge in [-0.2, -0.15) is 0 Å². The van der Waals surface area contributed by atoms with Gasteiger partial charge in [0.2, 0.25) is 0 Å². The molecule has 0 saturated carbocycles. The lowest BCUT2D eigenvalue weighted by molar-refractivity contribution is -0.0209. The zero-order valence-electron chi connectivity index (χ0n) is 16.8. The van der Waals surface area contributed by atoms with E-state index < -0.39 is 0 Å². The van der Waals surface area contributed by atoms with Gasteiger partial charge >= 0.3 is 0 Å². The standard InChI is InChI=1S/C20H39N3O/c1-19(2,3)23-15-17-13-18(23)14-22(17)16-7-9-21(10-8-16)11-12-24-20(4,5)6/h16-18H,7-15H2,1-6H3/t17-,18-/m0/s1. The molecule has 0 amide bonds. The maximum absolute atomic E-state index is 5.88. The second-order valence-electron chi connectivity index (χ2n) is 10.1. The van der Waals surface area contributed by atoms with Crippen molar-refractivity contribution in [3.05, 3.63) is 0 Å². The molecule has 3 rings (SSSR count). The van der Waals surface area contributed by atoms with Crippen molar-refractivity contribution in [1.29, 1.82) is 0 Å². The van der Waals surface area contributed by atoms with Crippen molar-refractivity contribution in [2.75, 3.05) is 39.3 Å². The number of piperazine rings is 1. The summed E-state index contributed by atoms with van der Waals surface area (Å²) in [5.74, 6) is 0. The van der Waals surface area contributed by atoms with E-state index in [4.69, 9.17) is 4.74 Å². The van der Waals surface area contributed by atoms with Gasteiger partial charge in [-0.15, -0.1) is 0 Å². The lowest BCUT2D eigenvalue weighted by Crippen LogP contribution is -2.57. The fourth-order valence-electron chi connectivity index (χ4n) is 4.92. The van der Waals surface area contributed by atoms with Crippen LogP contribution in [-0.2, 0) is 4.74 Å². The van der Waals surface area contributed by atoms with Crippen LogP contribution in [0.15, 0.2) is 0 Å². The first-order chi connectivity index (χ1) is 11.1. The predicted octanol–water partition coefficient (Wildman–Crippen LogP) is 2.82. The van der Waals surface area contributed by atoms with Crippen molar-refractivity contribution >= 4 is 0 Å². The molecule has 24 heavy (non-hydrogen) atoms. The molecule has 2 bridgehead atoms. The van der Waals surface area contributed by atoms with E-state index in [1.807, 2.05) is 0 Å². The quantitative estimate of drug-likeness (QED) is 0.785. The molecule has 0 aromatic rings. The summed E-state index contributed by atoms with van der Waals surface area (Å²) in [6.07, 6.45) is 4.08. The van der Waals surface area contributed by atoms with Gasteiger partial charge in [-0.25, -0.2) is 0 Å². The summed E-state index contributed by atoms with van der Waals surface area (Å²) >= 11 is 0. The summed E-state index contributed by atoms with van der Waals surface area (Å²) in [4.78, 5) is 8.20. The molecule has 3 fully saturated rings. The minimum atomic E-state index is -0.00790. The zero-order valence-corrected chi connectivity index (χ0v) is 16.8. The van der Waals surface area contributed by atoms with Crippen molar-refractivity contribution in [2.45, 2.75) is 90.1 Å². The molecule has 3 aliphatic heterocycles. The highest BCUT2D eigenvalue weighted by atomic mass is 16.5. The molecule has 140 valence electrons. The highest BCUT2D eigenvalue weighted by Gasteiger charge is 2.48. The van der Waals surface area contributed by atoms with Crippen molar-refractivity contribution in [1.82, 2.24) is 14.7 Å². The van der Waals surface area contributed by atoms with E-state index in [2.05, 4.69) is 56.2 Å². The third-order valence-corrected chi connectivity index (χ3v) is 6.11. The predicted molar refractivity (Wildman–Crippen MR) is 101 cm³/mol. The Morgan fingerprint density at radius 2 is 1.54 bits per heavy atom. The van der Waals surface area contributed by atoms with Crippen LogP contribution >= 0.6 is 0 Å². The van der Waals surface area contributed by atoms with Gasteiger partial charge in [-0.05, 0) is 73.9 Å². The number of hydrogen-bond acceptors (Lipinski definition) is 4. The minimum Gasteiger partial charge on any atom is -0.375 e. The van der Waals surface area contributed by atoms with Crippen molar-refractivity contribution < 1.29 is 4.74 Å². The molecule has 0 N–H and O–H groups in total. The monoisotopic (exact) mass is 337 g/mol. The second-order valence-corrected chi connectivity index (χ2v) is 10.1. The molecule has 3 aliphatic rings. The molecular formula is C20H39N3O. The minimum absolute atomic E-state index is 0.00790. The highest BCUT2D eigenvalue weighted by molar-refractivity contribution is 5.05. The molecule has 3 saturated heterocycles. The third-order valence-electron chi connectivity index (χ3n) is 6.11. The van der Waals surface area contributed by atoms with Crippen LogP contribution in [0.5, 0.6) is 0 Å². The summed E-state index contributed by atoms with van der Waals surface area (Å²) in [6, 6.07) is 2.44. The smallest absolute Gasteiger partial charge is 0.0600 e. The number of likely N-dealkylation sites (tertiary alicyclic amines) is 3. The molecule has 4 nitrogen and oxygen atoms in total. The normalized spacial score (nSPS) is 31.2. The van der Waals surface area contributed by atoms with E-state index >= 15 is 0 Å². The summed E-state index contributed by atoms with van der Waals surface area (Å²) in [7, 11) is 0. The molecule has 0 aromatic carbocycles. The molecule has 0 radical (unpaired) electrons. The first-order valence-electron chi connectivity index (χ1n) is 10.0. The van der Waals surface area contributed by atoms with Crippen LogP contribution in [0.25, 0.3) is 0 Å². The van der Waals surface area contributed by atoms with Gasteiger partial charge in [-0.3, -0.25) is 9.80 Å². The molecule has 0 aromatic heterocycles. The Bertz CT molecular complexity index is 418. The van der Waals surface area contributed by atoms with Gasteiger partial charge in [0.15, 0.2) is 0 Å². The fraction of sp³-hybridized carbons (Fsp3) is 1.00. The molecule has 3 heterocycles. The number of nitrogens with zero attached hydrogens (tertiary/aromatic N) is 3. The molecule has 2 atom stereocenters. The van der Waals surface area contributed by atoms with Gasteiger partial charge in [0.05, 0.1) is 12.2 Å². The summed E-state index contributed by atoms with van der Waals surface area (Å²) < 4.78 is 5.88. The summed E-state index contributed by atoms with van der Waals surface area (Å²) in [5, 5.41) is 0. The maximum atomic E-state index is 5.88. The third kappa shape index (κ3) is 4.32. The first-order valence-corrected chi connectivity index (χ1v) is 10.0. The second kappa shape index (κ2) is 6.86. The van der Waals surface area contributed by atoms with Crippen LogP contribution < -0.4 is 0 Å². The molecular weight excluding hydrogens is 298 g/mol. The van der Waals surface area contributed by atoms with Crippen LogP contribution in [0, 0.1) is 0 Å². The number of ether oxygens (including phenoxy) is 1. The van der Waals surface area contributed by atoms with Crippen molar-refractivity contribution in [2.24, 2.45) is 0 Å². The SMILES string of the molecule is CC(C)(C)OCCN1CCC(N2C[C@@H]3C[C@H]2CN3C(C)(C)C)CC1. The Morgan fingerprint density at radius 3 is 2.04 bits per heavy atom. The van der Waals surface area contributed by atoms with Crippen molar-refractivity contribution in [3.63, 3.8) is 0 Å². The van der Waals surface area contributed by atoms with Crippen LogP contribution in [-0.4, -0.2) is 83.3 Å². The van der Waals surface area contributed by atoms with Crippen LogP contribution in [0.1, 0.15) is 60.8 Å². The van der Waals surface area contributed by atoms with Gasteiger partial charge < -0.3 is 9.64 Å². The first kappa shape index (κ1) is 18.6. The Morgan fingerprint density at radius 1 is 0.875 bits per heavy atom. The van der Waals surface area contributed by atoms with E-state index in [0.29, 0.717) is 5.54 Å². The molecule has 4 heteroatoms. The van der Waals surface area contributed by atoms with Crippen molar-refractivity contribution in [3.8, 4) is 0 Å². The Kier molecular flexibility index (Phi) is 5.33. The summed E-state index contributed by atoms with van der Waals surface area (Å²) in [6.45, 7) is 20.6. The lowest BCUT2D eigenvalue weighted by Gasteiger charge is -2.46. The number of piperidine rings is 1. The molecule has 0 spiro atoms. The van der Waals surface area contributed by atoms with Crippen LogP contribution in [0.3, 0.4) is 0 Å². The van der Waals surface area contributed by atoms with E-state index in [-0.39, 0.29) is 5.60 Å². The van der Waals surface area contributed by atoms with Gasteiger partial charge in [0, 0.05) is 43.3 Å². The average Bonchev–Trinajstić information content (AvgIpc) is 3.06. The number of fused-ring (bicyclic) bond motifs is 2. The average molecular weight is 338 g/mol. The lowest BCUT2D eigenvalue weighted by atomic mass is 10.0. The van der Waals surface area contributed by atoms with Gasteiger partial charge in [0.1, 0.15) is 0 Å². The van der Waals surface area contributed by atoms with Crippen LogP contribution in [0.2, 0.25) is 0 Å². The topological polar surface area (TPSA) is 19.0 Å². The van der Waals surface area contributed by atoms with Gasteiger partial charge in [-0.1, -0.05) is 0 Å². The number of hydrogen-bond donors (Lipinski definition) is 0. The highest BCUT2D eigenvalue weighted by Crippen LogP contribution is 2.38. The Balaban J connectivity index is 1.41. The van der Waals surface area contributed by atoms with E-state index in [1.54, 1.807) is 0 Å². The summed E-state index contributed by atoms with van der Waals surface area (Å²) in [5.41, 5.74) is 0.327. The Labute approximate surface area is 149 Å². The fourth-order valence-corrected chi connectivity index (χ4v) is 4.92. The van der Waals surface area contributed by atoms with E-state index in [9.17, 15) is 0 Å². The number of rotatable bonds is 4. The van der Waals surface area contributed by atoms with E-state index in [1.165, 1.54) is 45.4 Å². The van der Waals surface area contributed by atoms with Gasteiger partial charge in [0.25, 0.3) is 0 Å². The molecule has 0 unspecified atom stereocenters. The van der Waals surface area contributed by atoms with E-state index in [0.717, 1.165) is 31.3 Å². The Hall–Kier alpha value is -0.160. The zero-order chi connectivity index (χ0) is 17.5. The maximum Gasteiger partial charge on any atom is 0.0600 e. The van der Waals surface area contributed by atoms with Crippen LogP contribution in [0.4, 0.5) is 0 Å².